The molecule has 1 saturated heterocycles. The van der Waals surface area contributed by atoms with Crippen LogP contribution in [0.2, 0.25) is 0 Å². The second-order valence-electron chi connectivity index (χ2n) is 5.31. The summed E-state index contributed by atoms with van der Waals surface area (Å²) in [6.45, 7) is 2.86. The van der Waals surface area contributed by atoms with Gasteiger partial charge in [-0.3, -0.25) is 4.98 Å². The number of fused-ring (bicyclic) bond motifs is 1. The Hall–Kier alpha value is -2.77. The number of anilines is 2. The van der Waals surface area contributed by atoms with Crippen LogP contribution in [-0.2, 0) is 6.54 Å². The Labute approximate surface area is 127 Å². The smallest absolute Gasteiger partial charge is 0.199 e. The zero-order valence-corrected chi connectivity index (χ0v) is 12.1. The number of nitrogens with zero attached hydrogens (tertiary/aromatic N) is 7. The van der Waals surface area contributed by atoms with Gasteiger partial charge in [0, 0.05) is 25.8 Å². The molecule has 112 valence electrons. The summed E-state index contributed by atoms with van der Waals surface area (Å²) in [5, 5.41) is 14.8. The first-order valence-corrected chi connectivity index (χ1v) is 7.36. The molecule has 0 atom stereocenters. The number of tetrazole rings is 1. The van der Waals surface area contributed by atoms with Crippen molar-refractivity contribution in [3.05, 3.63) is 36.3 Å². The normalized spacial score (nSPS) is 14.6. The van der Waals surface area contributed by atoms with Crippen LogP contribution in [0.1, 0.15) is 18.4 Å². The topological polar surface area (TPSA) is 84.1 Å². The fraction of sp³-hybridized carbons (Fsp3) is 0.357. The van der Waals surface area contributed by atoms with E-state index in [0.29, 0.717) is 12.2 Å². The molecule has 8 heteroatoms. The Morgan fingerprint density at radius 2 is 2.09 bits per heavy atom. The molecule has 0 aliphatic carbocycles. The SMILES string of the molecule is c1cc(CNc2cncc3nnnn23)cc(N2CCCC2)n1. The number of nitrogens with one attached hydrogen (secondary N) is 1. The van der Waals surface area contributed by atoms with Gasteiger partial charge in [-0.25, -0.2) is 4.98 Å². The highest BCUT2D eigenvalue weighted by molar-refractivity contribution is 5.46. The Morgan fingerprint density at radius 1 is 1.18 bits per heavy atom. The predicted molar refractivity (Wildman–Crippen MR) is 81.6 cm³/mol. The van der Waals surface area contributed by atoms with E-state index in [1.54, 1.807) is 16.9 Å². The van der Waals surface area contributed by atoms with E-state index in [9.17, 15) is 0 Å². The summed E-state index contributed by atoms with van der Waals surface area (Å²) in [6.07, 6.45) is 7.70. The average molecular weight is 296 g/mol. The monoisotopic (exact) mass is 296 g/mol. The summed E-state index contributed by atoms with van der Waals surface area (Å²) in [7, 11) is 0. The maximum atomic E-state index is 4.47. The van der Waals surface area contributed by atoms with E-state index in [0.717, 1.165) is 24.7 Å². The lowest BCUT2D eigenvalue weighted by atomic mass is 10.2. The van der Waals surface area contributed by atoms with Gasteiger partial charge < -0.3 is 10.2 Å². The van der Waals surface area contributed by atoms with Gasteiger partial charge in [-0.2, -0.15) is 4.52 Å². The zero-order valence-electron chi connectivity index (χ0n) is 12.1. The van der Waals surface area contributed by atoms with Crippen LogP contribution >= 0.6 is 0 Å². The minimum Gasteiger partial charge on any atom is -0.365 e. The molecule has 3 aromatic heterocycles. The number of pyridine rings is 1. The molecule has 0 bridgehead atoms. The van der Waals surface area contributed by atoms with E-state index >= 15 is 0 Å². The first kappa shape index (κ1) is 12.9. The summed E-state index contributed by atoms with van der Waals surface area (Å²) < 4.78 is 1.63. The van der Waals surface area contributed by atoms with Crippen LogP contribution in [-0.4, -0.2) is 43.1 Å². The maximum absolute atomic E-state index is 4.47. The summed E-state index contributed by atoms with van der Waals surface area (Å²) in [4.78, 5) is 10.9. The van der Waals surface area contributed by atoms with Crippen molar-refractivity contribution in [3.63, 3.8) is 0 Å². The van der Waals surface area contributed by atoms with E-state index < -0.39 is 0 Å². The summed E-state index contributed by atoms with van der Waals surface area (Å²) in [5.74, 6) is 1.82. The van der Waals surface area contributed by atoms with Crippen LogP contribution in [0, 0.1) is 0 Å². The van der Waals surface area contributed by atoms with Crippen molar-refractivity contribution in [3.8, 4) is 0 Å². The Balaban J connectivity index is 1.51. The number of rotatable bonds is 4. The zero-order chi connectivity index (χ0) is 14.8. The van der Waals surface area contributed by atoms with Crippen LogP contribution in [0.15, 0.2) is 30.7 Å². The quantitative estimate of drug-likeness (QED) is 0.772. The maximum Gasteiger partial charge on any atom is 0.199 e. The molecular weight excluding hydrogens is 280 g/mol. The van der Waals surface area contributed by atoms with Gasteiger partial charge in [0.1, 0.15) is 5.82 Å². The van der Waals surface area contributed by atoms with Gasteiger partial charge in [-0.05, 0) is 41.0 Å². The first-order valence-electron chi connectivity index (χ1n) is 7.36. The molecule has 4 heterocycles. The van der Waals surface area contributed by atoms with Crippen LogP contribution in [0.25, 0.3) is 5.65 Å². The van der Waals surface area contributed by atoms with Crippen molar-refractivity contribution in [2.24, 2.45) is 0 Å². The lowest BCUT2D eigenvalue weighted by molar-refractivity contribution is 0.819. The standard InChI is InChI=1S/C14H16N8/c1-2-6-21(5-1)12-7-11(3-4-16-12)8-17-13-9-15-10-14-18-19-20-22(13)14/h3-4,7,9-10,17H,1-2,5-6,8H2. The molecule has 1 aliphatic rings. The summed E-state index contributed by atoms with van der Waals surface area (Å²) >= 11 is 0. The molecule has 3 aromatic rings. The number of hydrogen-bond donors (Lipinski definition) is 1. The average Bonchev–Trinajstić information content (AvgIpc) is 3.24. The van der Waals surface area contributed by atoms with Crippen molar-refractivity contribution in [1.29, 1.82) is 0 Å². The highest BCUT2D eigenvalue weighted by atomic mass is 15.5. The molecular formula is C14H16N8. The Bertz CT molecular complexity index is 777. The molecule has 4 rings (SSSR count). The number of aromatic nitrogens is 6. The molecule has 22 heavy (non-hydrogen) atoms. The van der Waals surface area contributed by atoms with Gasteiger partial charge in [-0.15, -0.1) is 5.10 Å². The van der Waals surface area contributed by atoms with Gasteiger partial charge >= 0.3 is 0 Å². The van der Waals surface area contributed by atoms with Crippen molar-refractivity contribution >= 4 is 17.3 Å². The van der Waals surface area contributed by atoms with Crippen molar-refractivity contribution in [1.82, 2.24) is 30.0 Å². The predicted octanol–water partition coefficient (Wildman–Crippen LogP) is 1.13. The molecule has 0 aromatic carbocycles. The van der Waals surface area contributed by atoms with Crippen LogP contribution in [0.4, 0.5) is 11.6 Å². The second kappa shape index (κ2) is 5.55. The summed E-state index contributed by atoms with van der Waals surface area (Å²) in [6, 6.07) is 4.14. The molecule has 0 saturated carbocycles. The van der Waals surface area contributed by atoms with Gasteiger partial charge in [0.25, 0.3) is 0 Å². The highest BCUT2D eigenvalue weighted by Crippen LogP contribution is 2.19. The van der Waals surface area contributed by atoms with E-state index in [1.807, 2.05) is 12.3 Å². The van der Waals surface area contributed by atoms with Crippen molar-refractivity contribution in [2.45, 2.75) is 19.4 Å². The van der Waals surface area contributed by atoms with E-state index in [2.05, 4.69) is 41.8 Å². The first-order chi connectivity index (χ1) is 10.9. The summed E-state index contributed by atoms with van der Waals surface area (Å²) in [5.41, 5.74) is 1.79. The minimum absolute atomic E-state index is 0.623. The lowest BCUT2D eigenvalue weighted by Crippen LogP contribution is -2.19. The Kier molecular flexibility index (Phi) is 3.26. The third-order valence-corrected chi connectivity index (χ3v) is 3.82. The highest BCUT2D eigenvalue weighted by Gasteiger charge is 2.13. The van der Waals surface area contributed by atoms with Gasteiger partial charge in [0.2, 0.25) is 0 Å². The molecule has 0 radical (unpaired) electrons. The Morgan fingerprint density at radius 3 is 3.00 bits per heavy atom. The molecule has 1 aliphatic heterocycles. The van der Waals surface area contributed by atoms with Crippen LogP contribution < -0.4 is 10.2 Å². The fourth-order valence-electron chi connectivity index (χ4n) is 2.68. The molecule has 1 N–H and O–H groups in total. The van der Waals surface area contributed by atoms with Crippen molar-refractivity contribution in [2.75, 3.05) is 23.3 Å². The van der Waals surface area contributed by atoms with Gasteiger partial charge in [0.05, 0.1) is 12.4 Å². The van der Waals surface area contributed by atoms with E-state index in [4.69, 9.17) is 0 Å². The van der Waals surface area contributed by atoms with E-state index in [-0.39, 0.29) is 0 Å². The van der Waals surface area contributed by atoms with E-state index in [1.165, 1.54) is 18.4 Å². The molecule has 8 nitrogen and oxygen atoms in total. The molecule has 0 spiro atoms. The molecule has 1 fully saturated rings. The minimum atomic E-state index is 0.623. The largest absolute Gasteiger partial charge is 0.365 e. The second-order valence-corrected chi connectivity index (χ2v) is 5.31. The molecule has 0 unspecified atom stereocenters. The van der Waals surface area contributed by atoms with Gasteiger partial charge in [-0.1, -0.05) is 0 Å². The van der Waals surface area contributed by atoms with Crippen molar-refractivity contribution < 1.29 is 0 Å². The van der Waals surface area contributed by atoms with Crippen LogP contribution in [0.3, 0.4) is 0 Å². The van der Waals surface area contributed by atoms with Crippen LogP contribution in [0.5, 0.6) is 0 Å². The molecule has 0 amide bonds. The number of hydrogen-bond acceptors (Lipinski definition) is 7. The third kappa shape index (κ3) is 2.43. The fourth-order valence-corrected chi connectivity index (χ4v) is 2.68. The lowest BCUT2D eigenvalue weighted by Gasteiger charge is -2.17. The van der Waals surface area contributed by atoms with Gasteiger partial charge in [0.15, 0.2) is 11.5 Å². The third-order valence-electron chi connectivity index (χ3n) is 3.82.